The van der Waals surface area contributed by atoms with Crippen molar-refractivity contribution in [3.05, 3.63) is 29.8 Å². The van der Waals surface area contributed by atoms with Crippen molar-refractivity contribution in [2.75, 3.05) is 25.0 Å². The van der Waals surface area contributed by atoms with Gasteiger partial charge in [-0.15, -0.1) is 0 Å². The van der Waals surface area contributed by atoms with Gasteiger partial charge in [0.2, 0.25) is 5.91 Å². The van der Waals surface area contributed by atoms with Crippen molar-refractivity contribution in [1.29, 1.82) is 0 Å². The van der Waals surface area contributed by atoms with Crippen LogP contribution in [0.1, 0.15) is 38.7 Å². The molecule has 4 heteroatoms. The van der Waals surface area contributed by atoms with Crippen LogP contribution in [0.25, 0.3) is 0 Å². The van der Waals surface area contributed by atoms with Gasteiger partial charge in [0.05, 0.1) is 12.1 Å². The lowest BCUT2D eigenvalue weighted by atomic mass is 9.91. The fraction of sp³-hybridized carbons (Fsp3) is 0.562. The highest BCUT2D eigenvalue weighted by Crippen LogP contribution is 2.25. The predicted molar refractivity (Wildman–Crippen MR) is 80.8 cm³/mol. The number of anilines is 1. The van der Waals surface area contributed by atoms with Crippen molar-refractivity contribution < 1.29 is 9.90 Å². The van der Waals surface area contributed by atoms with E-state index in [4.69, 9.17) is 0 Å². The van der Waals surface area contributed by atoms with Crippen molar-refractivity contribution in [2.24, 2.45) is 0 Å². The summed E-state index contributed by atoms with van der Waals surface area (Å²) in [7, 11) is 0. The van der Waals surface area contributed by atoms with Crippen LogP contribution in [0.3, 0.4) is 0 Å². The maximum Gasteiger partial charge on any atom is 0.238 e. The van der Waals surface area contributed by atoms with Gasteiger partial charge in [0.1, 0.15) is 0 Å². The molecule has 1 aromatic carbocycles. The third kappa shape index (κ3) is 3.38. The Morgan fingerprint density at radius 2 is 2.05 bits per heavy atom. The number of hydrogen-bond donors (Lipinski definition) is 2. The van der Waals surface area contributed by atoms with E-state index in [9.17, 15) is 9.90 Å². The second-order valence-corrected chi connectivity index (χ2v) is 6.01. The lowest BCUT2D eigenvalue weighted by Gasteiger charge is -2.45. The number of benzene rings is 1. The summed E-state index contributed by atoms with van der Waals surface area (Å²) in [5.74, 6) is 0.358. The highest BCUT2D eigenvalue weighted by Gasteiger charge is 2.39. The summed E-state index contributed by atoms with van der Waals surface area (Å²) in [6, 6.07) is 7.90. The summed E-state index contributed by atoms with van der Waals surface area (Å²) in [5.41, 5.74) is 1.45. The van der Waals surface area contributed by atoms with Crippen molar-refractivity contribution in [3.63, 3.8) is 0 Å². The maximum atomic E-state index is 12.1. The van der Waals surface area contributed by atoms with E-state index in [0.717, 1.165) is 17.7 Å². The molecule has 1 saturated heterocycles. The Morgan fingerprint density at radius 1 is 1.40 bits per heavy atom. The number of carbonyl (C=O) groups is 1. The zero-order valence-corrected chi connectivity index (χ0v) is 12.5. The molecule has 0 bridgehead atoms. The molecule has 0 atom stereocenters. The quantitative estimate of drug-likeness (QED) is 0.867. The van der Waals surface area contributed by atoms with E-state index in [2.05, 4.69) is 19.2 Å². The van der Waals surface area contributed by atoms with Crippen molar-refractivity contribution in [1.82, 2.24) is 4.90 Å². The van der Waals surface area contributed by atoms with Crippen molar-refractivity contribution in [2.45, 2.75) is 38.7 Å². The average molecular weight is 276 g/mol. The number of para-hydroxylation sites is 1. The van der Waals surface area contributed by atoms with Crippen LogP contribution in [0.15, 0.2) is 24.3 Å². The zero-order chi connectivity index (χ0) is 14.8. The first kappa shape index (κ1) is 15.0. The number of amides is 1. The molecule has 4 nitrogen and oxygen atoms in total. The van der Waals surface area contributed by atoms with E-state index in [1.807, 2.05) is 36.1 Å². The number of likely N-dealkylation sites (tertiary alicyclic amines) is 1. The number of aliphatic hydroxyl groups is 1. The third-order valence-electron chi connectivity index (χ3n) is 3.92. The average Bonchev–Trinajstić information content (AvgIpc) is 2.37. The molecule has 0 radical (unpaired) electrons. The summed E-state index contributed by atoms with van der Waals surface area (Å²) in [5, 5.41) is 12.9. The second kappa shape index (κ2) is 5.94. The molecule has 20 heavy (non-hydrogen) atoms. The molecule has 1 amide bonds. The first-order valence-electron chi connectivity index (χ1n) is 7.27. The van der Waals surface area contributed by atoms with E-state index in [1.54, 1.807) is 0 Å². The molecule has 1 fully saturated rings. The van der Waals surface area contributed by atoms with Crippen molar-refractivity contribution >= 4 is 11.6 Å². The highest BCUT2D eigenvalue weighted by molar-refractivity contribution is 5.93. The largest absolute Gasteiger partial charge is 0.387 e. The van der Waals surface area contributed by atoms with Gasteiger partial charge in [-0.05, 0) is 24.0 Å². The molecule has 1 aliphatic rings. The van der Waals surface area contributed by atoms with E-state index in [-0.39, 0.29) is 5.91 Å². The van der Waals surface area contributed by atoms with Gasteiger partial charge in [-0.25, -0.2) is 0 Å². The Hall–Kier alpha value is -1.39. The number of nitrogens with zero attached hydrogens (tertiary/aromatic N) is 1. The fourth-order valence-corrected chi connectivity index (χ4v) is 2.63. The van der Waals surface area contributed by atoms with Gasteiger partial charge >= 0.3 is 0 Å². The van der Waals surface area contributed by atoms with Crippen LogP contribution in [0.5, 0.6) is 0 Å². The molecule has 1 aromatic rings. The number of β-amino-alcohol motifs (C(OH)–C–C–N with tert-alkyl or cyclic N) is 1. The smallest absolute Gasteiger partial charge is 0.238 e. The number of carbonyl (C=O) groups excluding carboxylic acids is 1. The maximum absolute atomic E-state index is 12.1. The van der Waals surface area contributed by atoms with Gasteiger partial charge in [0.25, 0.3) is 0 Å². The van der Waals surface area contributed by atoms with Gasteiger partial charge in [-0.3, -0.25) is 9.69 Å². The Labute approximate surface area is 120 Å². The highest BCUT2D eigenvalue weighted by atomic mass is 16.3. The molecular formula is C16H24N2O2. The van der Waals surface area contributed by atoms with Crippen LogP contribution < -0.4 is 5.32 Å². The SMILES string of the molecule is CCC1(O)CN(CC(=O)Nc2ccccc2C(C)C)C1. The monoisotopic (exact) mass is 276 g/mol. The number of hydrogen-bond acceptors (Lipinski definition) is 3. The first-order valence-corrected chi connectivity index (χ1v) is 7.27. The summed E-state index contributed by atoms with van der Waals surface area (Å²) in [4.78, 5) is 14.0. The molecule has 0 aliphatic carbocycles. The van der Waals surface area contributed by atoms with Crippen LogP contribution in [-0.2, 0) is 4.79 Å². The number of rotatable bonds is 5. The molecule has 2 N–H and O–H groups in total. The van der Waals surface area contributed by atoms with E-state index in [1.165, 1.54) is 0 Å². The first-order chi connectivity index (χ1) is 9.43. The Balaban J connectivity index is 1.90. The molecule has 110 valence electrons. The second-order valence-electron chi connectivity index (χ2n) is 6.01. The van der Waals surface area contributed by atoms with Gasteiger partial charge in [-0.2, -0.15) is 0 Å². The minimum Gasteiger partial charge on any atom is -0.387 e. The standard InChI is InChI=1S/C16H24N2O2/c1-4-16(20)10-18(11-16)9-15(19)17-14-8-6-5-7-13(14)12(2)3/h5-8,12,20H,4,9-11H2,1-3H3,(H,17,19). The normalized spacial score (nSPS) is 17.9. The van der Waals surface area contributed by atoms with E-state index in [0.29, 0.717) is 25.6 Å². The Bertz CT molecular complexity index is 479. The van der Waals surface area contributed by atoms with Crippen LogP contribution >= 0.6 is 0 Å². The topological polar surface area (TPSA) is 52.6 Å². The molecule has 2 rings (SSSR count). The van der Waals surface area contributed by atoms with E-state index < -0.39 is 5.60 Å². The predicted octanol–water partition coefficient (Wildman–Crippen LogP) is 2.21. The summed E-state index contributed by atoms with van der Waals surface area (Å²) >= 11 is 0. The molecule has 0 spiro atoms. The van der Waals surface area contributed by atoms with Crippen LogP contribution in [-0.4, -0.2) is 41.1 Å². The van der Waals surface area contributed by atoms with Crippen LogP contribution in [0.4, 0.5) is 5.69 Å². The van der Waals surface area contributed by atoms with Gasteiger partial charge in [0, 0.05) is 18.8 Å². The molecule has 1 aliphatic heterocycles. The van der Waals surface area contributed by atoms with E-state index >= 15 is 0 Å². The Kier molecular flexibility index (Phi) is 4.45. The van der Waals surface area contributed by atoms with Gasteiger partial charge in [0.15, 0.2) is 0 Å². The molecule has 0 saturated carbocycles. The fourth-order valence-electron chi connectivity index (χ4n) is 2.63. The van der Waals surface area contributed by atoms with Gasteiger partial charge < -0.3 is 10.4 Å². The molecule has 0 aromatic heterocycles. The van der Waals surface area contributed by atoms with Crippen molar-refractivity contribution in [3.8, 4) is 0 Å². The van der Waals surface area contributed by atoms with Crippen LogP contribution in [0.2, 0.25) is 0 Å². The summed E-state index contributed by atoms with van der Waals surface area (Å²) in [6.45, 7) is 7.71. The zero-order valence-electron chi connectivity index (χ0n) is 12.5. The Morgan fingerprint density at radius 3 is 2.65 bits per heavy atom. The van der Waals surface area contributed by atoms with Gasteiger partial charge in [-0.1, -0.05) is 39.0 Å². The van der Waals surface area contributed by atoms with Crippen LogP contribution in [0, 0.1) is 0 Å². The lowest BCUT2D eigenvalue weighted by Crippen LogP contribution is -2.62. The summed E-state index contributed by atoms with van der Waals surface area (Å²) in [6.07, 6.45) is 0.737. The molecule has 1 heterocycles. The number of nitrogens with one attached hydrogen (secondary N) is 1. The molecular weight excluding hydrogens is 252 g/mol. The lowest BCUT2D eigenvalue weighted by molar-refractivity contribution is -0.128. The third-order valence-corrected chi connectivity index (χ3v) is 3.92. The molecule has 0 unspecified atom stereocenters. The summed E-state index contributed by atoms with van der Waals surface area (Å²) < 4.78 is 0. The minimum absolute atomic E-state index is 0.0174. The minimum atomic E-state index is -0.587.